The minimum absolute atomic E-state index is 0.264. The number of methoxy groups -OCH3 is 1. The van der Waals surface area contributed by atoms with Crippen LogP contribution in [0.15, 0.2) is 6.07 Å². The molecule has 0 saturated heterocycles. The van der Waals surface area contributed by atoms with E-state index in [4.69, 9.17) is 10.5 Å². The van der Waals surface area contributed by atoms with Gasteiger partial charge in [0, 0.05) is 13.2 Å². The summed E-state index contributed by atoms with van der Waals surface area (Å²) < 4.78 is 7.44. The van der Waals surface area contributed by atoms with Crippen LogP contribution in [0, 0.1) is 6.92 Å². The number of nitrogen functional groups attached to an aromatic ring is 1. The zero-order valence-corrected chi connectivity index (χ0v) is 9.44. The second-order valence-corrected chi connectivity index (χ2v) is 4.28. The molecule has 84 valence electrons. The van der Waals surface area contributed by atoms with Gasteiger partial charge in [-0.1, -0.05) is 12.8 Å². The van der Waals surface area contributed by atoms with Crippen molar-refractivity contribution < 1.29 is 4.74 Å². The topological polar surface area (TPSA) is 53.1 Å². The number of aryl methyl sites for hydroxylation is 1. The highest BCUT2D eigenvalue weighted by atomic mass is 16.5. The van der Waals surface area contributed by atoms with Gasteiger partial charge in [-0.15, -0.1) is 0 Å². The summed E-state index contributed by atoms with van der Waals surface area (Å²) in [5.41, 5.74) is 6.91. The standard InChI is InChI=1S/C11H19N3O/c1-8-7-11(12)14(13-8)9-5-3-4-6-10(9)15-2/h7,9-10H,3-6,12H2,1-2H3. The molecule has 0 aliphatic heterocycles. The van der Waals surface area contributed by atoms with E-state index < -0.39 is 0 Å². The summed E-state index contributed by atoms with van der Waals surface area (Å²) in [6.07, 6.45) is 4.97. The van der Waals surface area contributed by atoms with Crippen molar-refractivity contribution in [2.45, 2.75) is 44.8 Å². The van der Waals surface area contributed by atoms with E-state index >= 15 is 0 Å². The van der Waals surface area contributed by atoms with Crippen molar-refractivity contribution in [3.8, 4) is 0 Å². The molecule has 0 bridgehead atoms. The molecule has 0 radical (unpaired) electrons. The van der Waals surface area contributed by atoms with Crippen LogP contribution < -0.4 is 5.73 Å². The van der Waals surface area contributed by atoms with Gasteiger partial charge in [0.25, 0.3) is 0 Å². The van der Waals surface area contributed by atoms with Gasteiger partial charge in [-0.3, -0.25) is 0 Å². The van der Waals surface area contributed by atoms with E-state index in [1.807, 2.05) is 17.7 Å². The first-order valence-corrected chi connectivity index (χ1v) is 5.57. The molecule has 0 spiro atoms. The van der Waals surface area contributed by atoms with Gasteiger partial charge in [0.05, 0.1) is 17.8 Å². The van der Waals surface area contributed by atoms with E-state index in [1.54, 1.807) is 7.11 Å². The fourth-order valence-electron chi connectivity index (χ4n) is 2.43. The molecule has 4 heteroatoms. The molecule has 15 heavy (non-hydrogen) atoms. The van der Waals surface area contributed by atoms with Gasteiger partial charge in [-0.25, -0.2) is 4.68 Å². The van der Waals surface area contributed by atoms with E-state index in [0.29, 0.717) is 6.04 Å². The maximum Gasteiger partial charge on any atom is 0.122 e. The van der Waals surface area contributed by atoms with Crippen LogP contribution in [0.4, 0.5) is 5.82 Å². The van der Waals surface area contributed by atoms with Crippen molar-refractivity contribution in [1.29, 1.82) is 0 Å². The number of hydrogen-bond acceptors (Lipinski definition) is 3. The third kappa shape index (κ3) is 2.00. The predicted octanol–water partition coefficient (Wildman–Crippen LogP) is 1.90. The Balaban J connectivity index is 2.23. The van der Waals surface area contributed by atoms with E-state index in [2.05, 4.69) is 5.10 Å². The molecular formula is C11H19N3O. The number of anilines is 1. The Hall–Kier alpha value is -1.03. The minimum atomic E-state index is 0.264. The molecule has 2 atom stereocenters. The molecule has 1 saturated carbocycles. The summed E-state index contributed by atoms with van der Waals surface area (Å²) >= 11 is 0. The van der Waals surface area contributed by atoms with Crippen molar-refractivity contribution in [3.63, 3.8) is 0 Å². The molecule has 1 aromatic heterocycles. The molecular weight excluding hydrogens is 190 g/mol. The van der Waals surface area contributed by atoms with Crippen LogP contribution in [-0.4, -0.2) is 23.0 Å². The first kappa shape index (κ1) is 10.5. The van der Waals surface area contributed by atoms with Crippen LogP contribution in [0.3, 0.4) is 0 Å². The Bertz CT molecular complexity index is 335. The second kappa shape index (κ2) is 4.23. The number of rotatable bonds is 2. The largest absolute Gasteiger partial charge is 0.384 e. The summed E-state index contributed by atoms with van der Waals surface area (Å²) in [4.78, 5) is 0. The van der Waals surface area contributed by atoms with Gasteiger partial charge in [0.1, 0.15) is 5.82 Å². The Morgan fingerprint density at radius 2 is 2.20 bits per heavy atom. The van der Waals surface area contributed by atoms with Gasteiger partial charge in [-0.05, 0) is 19.8 Å². The number of aromatic nitrogens is 2. The van der Waals surface area contributed by atoms with Gasteiger partial charge in [0.15, 0.2) is 0 Å². The highest BCUT2D eigenvalue weighted by molar-refractivity contribution is 5.31. The first-order chi connectivity index (χ1) is 7.22. The molecule has 1 aliphatic rings. The SMILES string of the molecule is COC1CCCCC1n1nc(C)cc1N. The third-order valence-corrected chi connectivity index (χ3v) is 3.17. The highest BCUT2D eigenvalue weighted by Crippen LogP contribution is 2.31. The van der Waals surface area contributed by atoms with Gasteiger partial charge >= 0.3 is 0 Å². The van der Waals surface area contributed by atoms with Gasteiger partial charge < -0.3 is 10.5 Å². The average molecular weight is 209 g/mol. The summed E-state index contributed by atoms with van der Waals surface area (Å²) in [6, 6.07) is 2.24. The molecule has 0 amide bonds. The number of nitrogens with two attached hydrogens (primary N) is 1. The van der Waals surface area contributed by atoms with Crippen molar-refractivity contribution in [1.82, 2.24) is 9.78 Å². The monoisotopic (exact) mass is 209 g/mol. The van der Waals surface area contributed by atoms with Crippen LogP contribution in [-0.2, 0) is 4.74 Å². The lowest BCUT2D eigenvalue weighted by atomic mass is 9.92. The molecule has 0 aromatic carbocycles. The lowest BCUT2D eigenvalue weighted by Gasteiger charge is -2.31. The van der Waals surface area contributed by atoms with Crippen molar-refractivity contribution >= 4 is 5.82 Å². The normalized spacial score (nSPS) is 26.8. The Kier molecular flexibility index (Phi) is 2.95. The van der Waals surface area contributed by atoms with Crippen molar-refractivity contribution in [2.75, 3.05) is 12.8 Å². The van der Waals surface area contributed by atoms with Crippen LogP contribution in [0.25, 0.3) is 0 Å². The lowest BCUT2D eigenvalue weighted by Crippen LogP contribution is -2.30. The van der Waals surface area contributed by atoms with E-state index in [9.17, 15) is 0 Å². The first-order valence-electron chi connectivity index (χ1n) is 5.57. The minimum Gasteiger partial charge on any atom is -0.384 e. The van der Waals surface area contributed by atoms with Gasteiger partial charge in [-0.2, -0.15) is 5.10 Å². The smallest absolute Gasteiger partial charge is 0.122 e. The predicted molar refractivity (Wildman–Crippen MR) is 59.7 cm³/mol. The third-order valence-electron chi connectivity index (χ3n) is 3.17. The molecule has 4 nitrogen and oxygen atoms in total. The fraction of sp³-hybridized carbons (Fsp3) is 0.727. The van der Waals surface area contributed by atoms with Crippen LogP contribution in [0.1, 0.15) is 37.4 Å². The zero-order chi connectivity index (χ0) is 10.8. The highest BCUT2D eigenvalue weighted by Gasteiger charge is 2.28. The maximum absolute atomic E-state index is 5.93. The zero-order valence-electron chi connectivity index (χ0n) is 9.44. The van der Waals surface area contributed by atoms with E-state index in [-0.39, 0.29) is 6.10 Å². The second-order valence-electron chi connectivity index (χ2n) is 4.28. The average Bonchev–Trinajstić information content (AvgIpc) is 2.57. The molecule has 1 aromatic rings. The van der Waals surface area contributed by atoms with Crippen LogP contribution >= 0.6 is 0 Å². The molecule has 2 N–H and O–H groups in total. The molecule has 2 rings (SSSR count). The van der Waals surface area contributed by atoms with E-state index in [1.165, 1.54) is 12.8 Å². The number of nitrogens with zero attached hydrogens (tertiary/aromatic N) is 2. The van der Waals surface area contributed by atoms with Crippen LogP contribution in [0.2, 0.25) is 0 Å². The quantitative estimate of drug-likeness (QED) is 0.809. The maximum atomic E-state index is 5.93. The summed E-state index contributed by atoms with van der Waals surface area (Å²) in [5.74, 6) is 0.751. The summed E-state index contributed by atoms with van der Waals surface area (Å²) in [5, 5.41) is 4.44. The Morgan fingerprint density at radius 1 is 1.47 bits per heavy atom. The summed E-state index contributed by atoms with van der Waals surface area (Å²) in [7, 11) is 1.77. The lowest BCUT2D eigenvalue weighted by molar-refractivity contribution is 0.0253. The number of hydrogen-bond donors (Lipinski definition) is 1. The van der Waals surface area contributed by atoms with Crippen molar-refractivity contribution in [3.05, 3.63) is 11.8 Å². The fourth-order valence-corrected chi connectivity index (χ4v) is 2.43. The summed E-state index contributed by atoms with van der Waals surface area (Å²) in [6.45, 7) is 1.97. The Morgan fingerprint density at radius 3 is 2.80 bits per heavy atom. The Labute approximate surface area is 90.4 Å². The van der Waals surface area contributed by atoms with Crippen molar-refractivity contribution in [2.24, 2.45) is 0 Å². The molecule has 1 aliphatic carbocycles. The number of ether oxygens (including phenoxy) is 1. The van der Waals surface area contributed by atoms with E-state index in [0.717, 1.165) is 24.4 Å². The van der Waals surface area contributed by atoms with Crippen LogP contribution in [0.5, 0.6) is 0 Å². The molecule has 2 unspecified atom stereocenters. The van der Waals surface area contributed by atoms with Gasteiger partial charge in [0.2, 0.25) is 0 Å². The molecule has 1 heterocycles. The molecule has 1 fully saturated rings.